The lowest BCUT2D eigenvalue weighted by Crippen LogP contribution is -2.35. The first-order chi connectivity index (χ1) is 15.5. The maximum atomic E-state index is 13.2. The first-order valence-electron chi connectivity index (χ1n) is 10.6. The summed E-state index contributed by atoms with van der Waals surface area (Å²) < 4.78 is 6.90. The van der Waals surface area contributed by atoms with Crippen molar-refractivity contribution >= 4 is 34.2 Å². The molecule has 2 heterocycles. The van der Waals surface area contributed by atoms with Gasteiger partial charge in [0.25, 0.3) is 5.56 Å². The number of aryl methyl sites for hydroxylation is 2. The van der Waals surface area contributed by atoms with E-state index >= 15 is 0 Å². The van der Waals surface area contributed by atoms with Crippen LogP contribution in [-0.4, -0.2) is 44.1 Å². The third kappa shape index (κ3) is 4.61. The van der Waals surface area contributed by atoms with Gasteiger partial charge in [-0.1, -0.05) is 18.2 Å². The van der Waals surface area contributed by atoms with Gasteiger partial charge < -0.3 is 15.2 Å². The lowest BCUT2D eigenvalue weighted by Gasteiger charge is -2.28. The van der Waals surface area contributed by atoms with Gasteiger partial charge in [-0.15, -0.1) is 11.6 Å². The van der Waals surface area contributed by atoms with Crippen LogP contribution in [0.3, 0.4) is 0 Å². The van der Waals surface area contributed by atoms with E-state index < -0.39 is 11.5 Å². The monoisotopic (exact) mass is 456 g/mol. The fourth-order valence-electron chi connectivity index (χ4n) is 4.07. The van der Waals surface area contributed by atoms with Crippen LogP contribution in [0.4, 0.5) is 5.69 Å². The van der Waals surface area contributed by atoms with Crippen molar-refractivity contribution in [3.05, 3.63) is 58.8 Å². The number of amides is 1. The minimum absolute atomic E-state index is 0.223. The third-order valence-electron chi connectivity index (χ3n) is 5.91. The molecule has 168 valence electrons. The smallest absolute Gasteiger partial charge is 0.264 e. The van der Waals surface area contributed by atoms with Crippen LogP contribution < -0.4 is 15.6 Å². The van der Waals surface area contributed by atoms with Crippen molar-refractivity contribution in [2.75, 3.05) is 12.4 Å². The zero-order valence-electron chi connectivity index (χ0n) is 17.7. The highest BCUT2D eigenvalue weighted by molar-refractivity contribution is 6.21. The Kier molecular flexibility index (Phi) is 6.72. The van der Waals surface area contributed by atoms with Crippen LogP contribution in [0.1, 0.15) is 24.8 Å². The molecule has 4 rings (SSSR count). The number of carbonyl (C=O) groups excluding carboxylic acids is 1. The Morgan fingerprint density at radius 3 is 2.88 bits per heavy atom. The average molecular weight is 457 g/mol. The summed E-state index contributed by atoms with van der Waals surface area (Å²) in [6.07, 6.45) is 4.38. The number of nitrogens with one attached hydrogen (secondary N) is 1. The summed E-state index contributed by atoms with van der Waals surface area (Å²) in [6, 6.07) is 9.25. The van der Waals surface area contributed by atoms with Gasteiger partial charge in [-0.2, -0.15) is 0 Å². The molecule has 0 radical (unpaired) electrons. The predicted molar refractivity (Wildman–Crippen MR) is 122 cm³/mol. The van der Waals surface area contributed by atoms with E-state index in [1.165, 1.54) is 17.1 Å². The third-order valence-corrected chi connectivity index (χ3v) is 6.38. The Bertz CT molecular complexity index is 1180. The number of anilines is 1. The van der Waals surface area contributed by atoms with Crippen LogP contribution in [0.2, 0.25) is 0 Å². The Labute approximate surface area is 190 Å². The van der Waals surface area contributed by atoms with Gasteiger partial charge in [0.2, 0.25) is 5.91 Å². The number of aliphatic hydroxyl groups excluding tert-OH is 1. The predicted octanol–water partition coefficient (Wildman–Crippen LogP) is 2.75. The van der Waals surface area contributed by atoms with Crippen molar-refractivity contribution in [1.82, 2.24) is 14.5 Å². The maximum absolute atomic E-state index is 13.2. The number of benzene rings is 1. The number of ether oxygens (including phenoxy) is 1. The van der Waals surface area contributed by atoms with E-state index in [-0.39, 0.29) is 28.4 Å². The van der Waals surface area contributed by atoms with Gasteiger partial charge in [0, 0.05) is 18.7 Å². The molecule has 3 unspecified atom stereocenters. The molecular weight excluding hydrogens is 432 g/mol. The topological polar surface area (TPSA) is 106 Å². The number of pyridine rings is 1. The van der Waals surface area contributed by atoms with Gasteiger partial charge in [0.15, 0.2) is 5.65 Å². The van der Waals surface area contributed by atoms with E-state index in [1.807, 2.05) is 24.3 Å². The van der Waals surface area contributed by atoms with Gasteiger partial charge in [0.05, 0.1) is 30.6 Å². The summed E-state index contributed by atoms with van der Waals surface area (Å²) >= 11 is 6.14. The second-order valence-electron chi connectivity index (χ2n) is 7.94. The summed E-state index contributed by atoms with van der Waals surface area (Å²) in [5.74, 6) is 0.214. The number of carbonyl (C=O) groups is 1. The highest BCUT2D eigenvalue weighted by Crippen LogP contribution is 2.29. The molecule has 0 bridgehead atoms. The molecule has 1 saturated carbocycles. The van der Waals surface area contributed by atoms with Gasteiger partial charge >= 0.3 is 0 Å². The summed E-state index contributed by atoms with van der Waals surface area (Å²) in [7, 11) is 1.61. The summed E-state index contributed by atoms with van der Waals surface area (Å²) in [5.41, 5.74) is 1.36. The van der Waals surface area contributed by atoms with Crippen molar-refractivity contribution < 1.29 is 14.6 Å². The van der Waals surface area contributed by atoms with Crippen LogP contribution in [0, 0.1) is 5.92 Å². The molecule has 1 fully saturated rings. The number of para-hydroxylation sites is 1. The standard InChI is InChI=1S/C23H25ClN4O4/c1-32-19-5-3-2-4-14(19)9-11-28-13-26-21-20(23(28)31)17(8-10-25-21)27-22(30)15-6-7-18(29)16(24)12-15/h2-5,8,10,13,15-16,18,29H,6-7,9,11-12H2,1H3,(H,25,27,30). The van der Waals surface area contributed by atoms with E-state index in [9.17, 15) is 14.7 Å². The number of aliphatic hydroxyl groups is 1. The summed E-state index contributed by atoms with van der Waals surface area (Å²) in [4.78, 5) is 34.5. The molecule has 8 nitrogen and oxygen atoms in total. The molecule has 0 saturated heterocycles. The van der Waals surface area contributed by atoms with Crippen molar-refractivity contribution in [1.29, 1.82) is 0 Å². The van der Waals surface area contributed by atoms with E-state index in [2.05, 4.69) is 15.3 Å². The van der Waals surface area contributed by atoms with E-state index in [0.29, 0.717) is 37.9 Å². The van der Waals surface area contributed by atoms with Crippen LogP contribution in [-0.2, 0) is 17.8 Å². The largest absolute Gasteiger partial charge is 0.496 e. The Morgan fingerprint density at radius 1 is 1.28 bits per heavy atom. The van der Waals surface area contributed by atoms with Gasteiger partial charge in [-0.3, -0.25) is 14.2 Å². The molecule has 1 aliphatic carbocycles. The van der Waals surface area contributed by atoms with Crippen LogP contribution >= 0.6 is 11.6 Å². The number of halogens is 1. The van der Waals surface area contributed by atoms with E-state index in [4.69, 9.17) is 16.3 Å². The second-order valence-corrected chi connectivity index (χ2v) is 8.51. The van der Waals surface area contributed by atoms with Crippen molar-refractivity contribution in [2.24, 2.45) is 5.92 Å². The molecule has 0 aliphatic heterocycles. The molecule has 3 aromatic rings. The van der Waals surface area contributed by atoms with Crippen LogP contribution in [0.25, 0.3) is 11.0 Å². The van der Waals surface area contributed by atoms with E-state index in [1.54, 1.807) is 13.2 Å². The second kappa shape index (κ2) is 9.67. The van der Waals surface area contributed by atoms with Crippen molar-refractivity contribution in [3.8, 4) is 5.75 Å². The Balaban J connectivity index is 1.58. The molecule has 2 aromatic heterocycles. The first kappa shape index (κ1) is 22.2. The number of alkyl halides is 1. The number of nitrogens with zero attached hydrogens (tertiary/aromatic N) is 3. The SMILES string of the molecule is COc1ccccc1CCn1cnc2nccc(NC(=O)C3CCC(O)C(Cl)C3)c2c1=O. The average Bonchev–Trinajstić information content (AvgIpc) is 2.80. The van der Waals surface area contributed by atoms with Crippen LogP contribution in [0.5, 0.6) is 5.75 Å². The lowest BCUT2D eigenvalue weighted by atomic mass is 9.86. The normalized spacial score (nSPS) is 20.8. The zero-order chi connectivity index (χ0) is 22.7. The quantitative estimate of drug-likeness (QED) is 0.552. The number of hydrogen-bond donors (Lipinski definition) is 2. The fourth-order valence-corrected chi connectivity index (χ4v) is 4.41. The highest BCUT2D eigenvalue weighted by atomic mass is 35.5. The maximum Gasteiger partial charge on any atom is 0.264 e. The molecule has 1 amide bonds. The lowest BCUT2D eigenvalue weighted by molar-refractivity contribution is -0.121. The molecule has 32 heavy (non-hydrogen) atoms. The number of aromatic nitrogens is 3. The number of fused-ring (bicyclic) bond motifs is 1. The molecular formula is C23H25ClN4O4. The zero-order valence-corrected chi connectivity index (χ0v) is 18.5. The molecule has 0 spiro atoms. The molecule has 2 N–H and O–H groups in total. The van der Waals surface area contributed by atoms with Gasteiger partial charge in [0.1, 0.15) is 11.1 Å². The molecule has 3 atom stereocenters. The molecule has 9 heteroatoms. The number of rotatable bonds is 6. The van der Waals surface area contributed by atoms with Gasteiger partial charge in [-0.05, 0) is 43.4 Å². The van der Waals surface area contributed by atoms with Crippen molar-refractivity contribution in [2.45, 2.75) is 43.7 Å². The molecule has 1 aliphatic rings. The fraction of sp³-hybridized carbons (Fsp3) is 0.391. The minimum atomic E-state index is -0.595. The summed E-state index contributed by atoms with van der Waals surface area (Å²) in [5, 5.41) is 12.5. The van der Waals surface area contributed by atoms with E-state index in [0.717, 1.165) is 11.3 Å². The van der Waals surface area contributed by atoms with Crippen LogP contribution in [0.15, 0.2) is 47.7 Å². The summed E-state index contributed by atoms with van der Waals surface area (Å²) in [6.45, 7) is 0.402. The molecule has 1 aromatic carbocycles. The number of methoxy groups -OCH3 is 1. The van der Waals surface area contributed by atoms with Gasteiger partial charge in [-0.25, -0.2) is 9.97 Å². The number of hydrogen-bond acceptors (Lipinski definition) is 6. The Morgan fingerprint density at radius 2 is 2.09 bits per heavy atom. The Hall–Kier alpha value is -2.97. The minimum Gasteiger partial charge on any atom is -0.496 e. The van der Waals surface area contributed by atoms with Crippen molar-refractivity contribution in [3.63, 3.8) is 0 Å². The first-order valence-corrected chi connectivity index (χ1v) is 11.0. The highest BCUT2D eigenvalue weighted by Gasteiger charge is 2.32.